The van der Waals surface area contributed by atoms with Gasteiger partial charge in [0.1, 0.15) is 5.54 Å². The fourth-order valence-electron chi connectivity index (χ4n) is 7.11. The highest BCUT2D eigenvalue weighted by molar-refractivity contribution is 6.26. The summed E-state index contributed by atoms with van der Waals surface area (Å²) in [5.74, 6) is -2.71. The number of carbonyl (C=O) groups excluding carboxylic acids is 3. The van der Waals surface area contributed by atoms with Gasteiger partial charge in [0.05, 0.1) is 29.6 Å². The number of ether oxygens (including phenoxy) is 1. The third-order valence-electron chi connectivity index (χ3n) is 8.38. The van der Waals surface area contributed by atoms with E-state index in [1.165, 1.54) is 19.2 Å². The van der Waals surface area contributed by atoms with Crippen molar-refractivity contribution < 1.29 is 24.0 Å². The van der Waals surface area contributed by atoms with Gasteiger partial charge in [0, 0.05) is 29.4 Å². The van der Waals surface area contributed by atoms with Crippen molar-refractivity contribution in [3.63, 3.8) is 0 Å². The predicted molar refractivity (Wildman–Crippen MR) is 130 cm³/mol. The van der Waals surface area contributed by atoms with Crippen molar-refractivity contribution in [2.75, 3.05) is 23.9 Å². The number of nitro benzene ring substituents is 1. The molecular formula is C26H26N4O6. The number of carbonyl (C=O) groups is 3. The summed E-state index contributed by atoms with van der Waals surface area (Å²) in [6.45, 7) is 6.14. The van der Waals surface area contributed by atoms with Gasteiger partial charge < -0.3 is 10.1 Å². The summed E-state index contributed by atoms with van der Waals surface area (Å²) in [6, 6.07) is 6.39. The van der Waals surface area contributed by atoms with Crippen LogP contribution in [0.5, 0.6) is 5.75 Å². The number of nitro groups is 1. The van der Waals surface area contributed by atoms with Crippen molar-refractivity contribution in [3.8, 4) is 5.75 Å². The average molecular weight is 491 g/mol. The number of nitrogens with one attached hydrogen (secondary N) is 1. The van der Waals surface area contributed by atoms with Gasteiger partial charge in [-0.1, -0.05) is 17.7 Å². The Morgan fingerprint density at radius 3 is 2.53 bits per heavy atom. The van der Waals surface area contributed by atoms with E-state index in [2.05, 4.69) is 10.2 Å². The van der Waals surface area contributed by atoms with Gasteiger partial charge in [-0.15, -0.1) is 0 Å². The molecule has 36 heavy (non-hydrogen) atoms. The first-order valence-corrected chi connectivity index (χ1v) is 12.0. The zero-order valence-corrected chi connectivity index (χ0v) is 20.5. The van der Waals surface area contributed by atoms with Crippen LogP contribution in [-0.2, 0) is 19.9 Å². The van der Waals surface area contributed by atoms with Crippen LogP contribution in [-0.4, -0.2) is 47.2 Å². The van der Waals surface area contributed by atoms with Crippen molar-refractivity contribution in [1.29, 1.82) is 0 Å². The van der Waals surface area contributed by atoms with Crippen LogP contribution < -0.4 is 15.0 Å². The maximum absolute atomic E-state index is 14.2. The van der Waals surface area contributed by atoms with E-state index in [4.69, 9.17) is 4.74 Å². The highest BCUT2D eigenvalue weighted by atomic mass is 16.6. The molecule has 3 saturated heterocycles. The van der Waals surface area contributed by atoms with Gasteiger partial charge >= 0.3 is 5.69 Å². The molecule has 10 nitrogen and oxygen atoms in total. The molecule has 4 aliphatic rings. The molecule has 4 atom stereocenters. The van der Waals surface area contributed by atoms with E-state index < -0.39 is 28.2 Å². The molecule has 4 heterocycles. The van der Waals surface area contributed by atoms with Crippen LogP contribution in [0.3, 0.4) is 0 Å². The molecule has 0 aromatic heterocycles. The van der Waals surface area contributed by atoms with E-state index in [1.807, 2.05) is 26.0 Å². The smallest absolute Gasteiger partial charge is 0.311 e. The van der Waals surface area contributed by atoms with E-state index >= 15 is 0 Å². The van der Waals surface area contributed by atoms with Crippen LogP contribution in [0.1, 0.15) is 35.1 Å². The number of amides is 3. The number of nitrogens with zero attached hydrogens (tertiary/aromatic N) is 3. The van der Waals surface area contributed by atoms with E-state index in [0.29, 0.717) is 24.2 Å². The number of aryl methyl sites for hydroxylation is 3. The number of hydrogen-bond donors (Lipinski definition) is 1. The Labute approximate surface area is 207 Å². The highest BCUT2D eigenvalue weighted by Gasteiger charge is 2.74. The first-order chi connectivity index (χ1) is 17.1. The molecule has 10 heteroatoms. The molecule has 0 bridgehead atoms. The van der Waals surface area contributed by atoms with Gasteiger partial charge in [-0.2, -0.15) is 0 Å². The number of fused-ring (bicyclic) bond motifs is 7. The topological polar surface area (TPSA) is 122 Å². The number of anilines is 2. The standard InChI is InChI=1S/C26H26N4O6/c1-12-8-14(3)22-15(9-12)26(25(33)27-22)21-20(16-6-5-7-28(16)26)23(31)29(24(21)32)17-11-19(36-4)18(30(34)35)10-13(17)2/h8-11,16,20-21H,5-7H2,1-4H3,(H,27,33)/t16-,20-,21+,26+/m1/s1. The lowest BCUT2D eigenvalue weighted by Gasteiger charge is -2.37. The summed E-state index contributed by atoms with van der Waals surface area (Å²) in [4.78, 5) is 56.2. The maximum atomic E-state index is 14.2. The minimum Gasteiger partial charge on any atom is -0.490 e. The molecule has 6 rings (SSSR count). The van der Waals surface area contributed by atoms with Crippen LogP contribution in [0.25, 0.3) is 0 Å². The van der Waals surface area contributed by atoms with Gasteiger partial charge in [0.15, 0.2) is 5.75 Å². The van der Waals surface area contributed by atoms with E-state index in [0.717, 1.165) is 28.0 Å². The molecule has 2 aromatic rings. The molecule has 0 saturated carbocycles. The summed E-state index contributed by atoms with van der Waals surface area (Å²) in [5.41, 5.74) is 2.51. The predicted octanol–water partition coefficient (Wildman–Crippen LogP) is 2.96. The van der Waals surface area contributed by atoms with E-state index in [1.54, 1.807) is 6.92 Å². The normalized spacial score (nSPS) is 28.5. The molecule has 0 unspecified atom stereocenters. The Morgan fingerprint density at radius 2 is 1.83 bits per heavy atom. The fraction of sp³-hybridized carbons (Fsp3) is 0.423. The monoisotopic (exact) mass is 490 g/mol. The van der Waals surface area contributed by atoms with Gasteiger partial charge in [-0.25, -0.2) is 4.90 Å². The van der Waals surface area contributed by atoms with Crippen LogP contribution in [0.2, 0.25) is 0 Å². The largest absolute Gasteiger partial charge is 0.490 e. The summed E-state index contributed by atoms with van der Waals surface area (Å²) in [5, 5.41) is 14.5. The first kappa shape index (κ1) is 22.7. The Kier molecular flexibility index (Phi) is 4.63. The lowest BCUT2D eigenvalue weighted by Crippen LogP contribution is -2.54. The summed E-state index contributed by atoms with van der Waals surface area (Å²) >= 11 is 0. The Balaban J connectivity index is 1.55. The van der Waals surface area contributed by atoms with Gasteiger partial charge in [-0.05, 0) is 51.3 Å². The van der Waals surface area contributed by atoms with E-state index in [9.17, 15) is 24.5 Å². The zero-order valence-electron chi connectivity index (χ0n) is 20.5. The zero-order chi connectivity index (χ0) is 25.7. The number of hydrogen-bond acceptors (Lipinski definition) is 7. The minimum atomic E-state index is -1.27. The summed E-state index contributed by atoms with van der Waals surface area (Å²) < 4.78 is 5.22. The summed E-state index contributed by atoms with van der Waals surface area (Å²) in [6.07, 6.45) is 1.54. The van der Waals surface area contributed by atoms with Gasteiger partial charge in [0.25, 0.3) is 0 Å². The molecule has 1 N–H and O–H groups in total. The molecule has 186 valence electrons. The van der Waals surface area contributed by atoms with Crippen molar-refractivity contribution in [1.82, 2.24) is 4.90 Å². The number of rotatable bonds is 3. The van der Waals surface area contributed by atoms with Crippen LogP contribution in [0.15, 0.2) is 24.3 Å². The average Bonchev–Trinajstić information content (AvgIpc) is 3.53. The molecule has 2 aromatic carbocycles. The Morgan fingerprint density at radius 1 is 1.08 bits per heavy atom. The molecule has 3 amide bonds. The first-order valence-electron chi connectivity index (χ1n) is 12.0. The Hall–Kier alpha value is -3.79. The van der Waals surface area contributed by atoms with Gasteiger partial charge in [-0.3, -0.25) is 29.4 Å². The van der Waals surface area contributed by atoms with Crippen molar-refractivity contribution in [2.45, 2.75) is 45.2 Å². The third kappa shape index (κ3) is 2.57. The highest BCUT2D eigenvalue weighted by Crippen LogP contribution is 2.61. The third-order valence-corrected chi connectivity index (χ3v) is 8.38. The second kappa shape index (κ2) is 7.36. The molecule has 0 aliphatic carbocycles. The van der Waals surface area contributed by atoms with Crippen molar-refractivity contribution in [2.24, 2.45) is 11.8 Å². The molecular weight excluding hydrogens is 464 g/mol. The van der Waals surface area contributed by atoms with Gasteiger partial charge in [0.2, 0.25) is 17.7 Å². The lowest BCUT2D eigenvalue weighted by atomic mass is 9.75. The minimum absolute atomic E-state index is 0.0364. The van der Waals surface area contributed by atoms with Crippen molar-refractivity contribution in [3.05, 3.63) is 56.6 Å². The van der Waals surface area contributed by atoms with Crippen molar-refractivity contribution >= 4 is 34.8 Å². The molecule has 0 radical (unpaired) electrons. The summed E-state index contributed by atoms with van der Waals surface area (Å²) in [7, 11) is 1.31. The lowest BCUT2D eigenvalue weighted by molar-refractivity contribution is -0.385. The number of benzene rings is 2. The quantitative estimate of drug-likeness (QED) is 0.399. The second-order valence-electron chi connectivity index (χ2n) is 10.2. The second-order valence-corrected chi connectivity index (χ2v) is 10.2. The van der Waals surface area contributed by atoms with Crippen LogP contribution in [0, 0.1) is 42.7 Å². The number of methoxy groups -OCH3 is 1. The van der Waals surface area contributed by atoms with E-state index in [-0.39, 0.29) is 35.0 Å². The van der Waals surface area contributed by atoms with Crippen LogP contribution >= 0.6 is 0 Å². The van der Waals surface area contributed by atoms with Crippen LogP contribution in [0.4, 0.5) is 17.1 Å². The SMILES string of the molecule is COc1cc(N2C(=O)[C@@H]3[C@H]4CCCN4[C@]4(C(=O)Nc5c(C)cc(C)cc54)[C@@H]3C2=O)c(C)cc1[N+](=O)[O-]. The number of imide groups is 1. The Bertz CT molecular complexity index is 1400. The fourth-order valence-corrected chi connectivity index (χ4v) is 7.11. The molecule has 3 fully saturated rings. The maximum Gasteiger partial charge on any atom is 0.311 e. The molecule has 1 spiro atoms. The molecule has 4 aliphatic heterocycles.